The number of aryl methyl sites for hydroxylation is 1. The molecule has 0 spiro atoms. The molecule has 3 heterocycles. The molecule has 4 rings (SSSR count). The molecule has 3 aromatic heterocycles. The Morgan fingerprint density at radius 2 is 1.80 bits per heavy atom. The lowest BCUT2D eigenvalue weighted by Gasteiger charge is -2.11. The van der Waals surface area contributed by atoms with Crippen molar-refractivity contribution in [3.8, 4) is 11.3 Å². The number of aromatic nitrogens is 3. The molecule has 0 bridgehead atoms. The molecular formula is C25H24N4O5S. The van der Waals surface area contributed by atoms with E-state index in [9.17, 15) is 14.4 Å². The zero-order valence-electron chi connectivity index (χ0n) is 20.0. The summed E-state index contributed by atoms with van der Waals surface area (Å²) in [5, 5.41) is 8.05. The number of carbonyl (C=O) groups is 3. The van der Waals surface area contributed by atoms with E-state index >= 15 is 0 Å². The molecule has 0 aliphatic heterocycles. The van der Waals surface area contributed by atoms with Gasteiger partial charge in [0.2, 0.25) is 0 Å². The van der Waals surface area contributed by atoms with Crippen molar-refractivity contribution in [3.05, 3.63) is 63.8 Å². The van der Waals surface area contributed by atoms with E-state index in [0.29, 0.717) is 34.3 Å². The van der Waals surface area contributed by atoms with Gasteiger partial charge in [0.15, 0.2) is 0 Å². The molecule has 1 amide bonds. The normalized spacial score (nSPS) is 10.9. The van der Waals surface area contributed by atoms with Gasteiger partial charge in [0.05, 0.1) is 42.8 Å². The van der Waals surface area contributed by atoms with Crippen molar-refractivity contribution < 1.29 is 23.9 Å². The second-order valence-corrected chi connectivity index (χ2v) is 8.75. The summed E-state index contributed by atoms with van der Waals surface area (Å²) in [7, 11) is 2.50. The number of methoxy groups -OCH3 is 2. The molecule has 0 unspecified atom stereocenters. The Kier molecular flexibility index (Phi) is 6.65. The molecule has 0 aliphatic rings. The van der Waals surface area contributed by atoms with Crippen LogP contribution in [0, 0.1) is 13.8 Å². The second kappa shape index (κ2) is 9.67. The summed E-state index contributed by atoms with van der Waals surface area (Å²) < 4.78 is 11.6. The number of fused-ring (bicyclic) bond motifs is 1. The molecule has 0 saturated heterocycles. The Hall–Kier alpha value is -4.05. The SMILES string of the molecule is CCn1ncc(-c2cc(C(=O)Nc3sc(C(=O)OC)c(C)c3C(=O)OC)c3ccccc3n2)c1C. The molecule has 0 radical (unpaired) electrons. The van der Waals surface area contributed by atoms with Crippen LogP contribution in [0.2, 0.25) is 0 Å². The van der Waals surface area contributed by atoms with Crippen LogP contribution in [0.5, 0.6) is 0 Å². The fraction of sp³-hybridized carbons (Fsp3) is 0.240. The van der Waals surface area contributed by atoms with Gasteiger partial charge in [0.1, 0.15) is 9.88 Å². The third kappa shape index (κ3) is 4.28. The predicted octanol–water partition coefficient (Wildman–Crippen LogP) is 4.62. The van der Waals surface area contributed by atoms with Crippen molar-refractivity contribution in [1.29, 1.82) is 0 Å². The molecular weight excluding hydrogens is 468 g/mol. The molecule has 0 aliphatic carbocycles. The van der Waals surface area contributed by atoms with Gasteiger partial charge in [-0.15, -0.1) is 11.3 Å². The summed E-state index contributed by atoms with van der Waals surface area (Å²) in [6, 6.07) is 9.03. The molecule has 0 atom stereocenters. The summed E-state index contributed by atoms with van der Waals surface area (Å²) in [5.74, 6) is -1.71. The van der Waals surface area contributed by atoms with Crippen molar-refractivity contribution in [2.45, 2.75) is 27.3 Å². The third-order valence-corrected chi connectivity index (χ3v) is 6.96. The number of esters is 2. The zero-order chi connectivity index (χ0) is 25.3. The van der Waals surface area contributed by atoms with E-state index in [0.717, 1.165) is 22.6 Å². The lowest BCUT2D eigenvalue weighted by Crippen LogP contribution is -2.15. The number of thiophene rings is 1. The van der Waals surface area contributed by atoms with Crippen LogP contribution in [-0.4, -0.2) is 46.8 Å². The van der Waals surface area contributed by atoms with Crippen LogP contribution >= 0.6 is 11.3 Å². The van der Waals surface area contributed by atoms with E-state index < -0.39 is 17.8 Å². The van der Waals surface area contributed by atoms with Gasteiger partial charge >= 0.3 is 11.9 Å². The summed E-state index contributed by atoms with van der Waals surface area (Å²) in [6.45, 7) is 6.27. The Labute approximate surface area is 205 Å². The minimum absolute atomic E-state index is 0.116. The van der Waals surface area contributed by atoms with Gasteiger partial charge in [-0.25, -0.2) is 14.6 Å². The Balaban J connectivity index is 1.83. The van der Waals surface area contributed by atoms with E-state index in [1.54, 1.807) is 19.2 Å². The van der Waals surface area contributed by atoms with Gasteiger partial charge in [0, 0.05) is 23.2 Å². The van der Waals surface area contributed by atoms with Crippen LogP contribution in [0.15, 0.2) is 36.5 Å². The second-order valence-electron chi connectivity index (χ2n) is 7.73. The number of pyridine rings is 1. The number of nitrogens with one attached hydrogen (secondary N) is 1. The van der Waals surface area contributed by atoms with Crippen LogP contribution < -0.4 is 5.32 Å². The largest absolute Gasteiger partial charge is 0.465 e. The number of rotatable bonds is 6. The zero-order valence-corrected chi connectivity index (χ0v) is 20.8. The van der Waals surface area contributed by atoms with Crippen molar-refractivity contribution in [3.63, 3.8) is 0 Å². The van der Waals surface area contributed by atoms with E-state index in [-0.39, 0.29) is 15.4 Å². The predicted molar refractivity (Wildman–Crippen MR) is 133 cm³/mol. The van der Waals surface area contributed by atoms with Crippen LogP contribution in [0.25, 0.3) is 22.2 Å². The molecule has 0 saturated carbocycles. The summed E-state index contributed by atoms with van der Waals surface area (Å²) >= 11 is 0.964. The first-order chi connectivity index (χ1) is 16.8. The standard InChI is InChI=1S/C25H24N4O5S/c1-6-29-14(3)17(12-26-29)19-11-16(15-9-7-8-10-18(15)27-19)22(30)28-23-20(24(31)33-4)13(2)21(35-23)25(32)34-5/h7-12H,6H2,1-5H3,(H,28,30). The lowest BCUT2D eigenvalue weighted by atomic mass is 10.0. The number of ether oxygens (including phenoxy) is 2. The van der Waals surface area contributed by atoms with E-state index in [1.807, 2.05) is 42.8 Å². The lowest BCUT2D eigenvalue weighted by molar-refractivity contribution is 0.0601. The topological polar surface area (TPSA) is 112 Å². The van der Waals surface area contributed by atoms with Gasteiger partial charge in [-0.3, -0.25) is 9.48 Å². The number of carbonyl (C=O) groups excluding carboxylic acids is 3. The molecule has 0 fully saturated rings. The van der Waals surface area contributed by atoms with Crippen molar-refractivity contribution in [1.82, 2.24) is 14.8 Å². The van der Waals surface area contributed by atoms with Crippen molar-refractivity contribution in [2.75, 3.05) is 19.5 Å². The maximum atomic E-state index is 13.6. The number of para-hydroxylation sites is 1. The molecule has 180 valence electrons. The third-order valence-electron chi connectivity index (χ3n) is 5.77. The molecule has 1 N–H and O–H groups in total. The number of anilines is 1. The van der Waals surface area contributed by atoms with Gasteiger partial charge in [-0.1, -0.05) is 18.2 Å². The highest BCUT2D eigenvalue weighted by atomic mass is 32.1. The number of benzene rings is 1. The highest BCUT2D eigenvalue weighted by Gasteiger charge is 2.27. The summed E-state index contributed by atoms with van der Waals surface area (Å²) in [4.78, 5) is 43.2. The maximum absolute atomic E-state index is 13.6. The van der Waals surface area contributed by atoms with E-state index in [4.69, 9.17) is 14.5 Å². The number of amides is 1. The number of nitrogens with zero attached hydrogens (tertiary/aromatic N) is 3. The first kappa shape index (κ1) is 24.1. The molecule has 1 aromatic carbocycles. The van der Waals surface area contributed by atoms with E-state index in [2.05, 4.69) is 10.4 Å². The Morgan fingerprint density at radius 3 is 2.46 bits per heavy atom. The first-order valence-electron chi connectivity index (χ1n) is 10.8. The fourth-order valence-corrected chi connectivity index (χ4v) is 5.03. The minimum Gasteiger partial charge on any atom is -0.465 e. The molecule has 4 aromatic rings. The quantitative estimate of drug-likeness (QED) is 0.391. The molecule has 9 nitrogen and oxygen atoms in total. The number of hydrogen-bond donors (Lipinski definition) is 1. The fourth-order valence-electron chi connectivity index (χ4n) is 3.93. The van der Waals surface area contributed by atoms with Crippen molar-refractivity contribution >= 4 is 45.1 Å². The first-order valence-corrected chi connectivity index (χ1v) is 11.7. The molecule has 10 heteroatoms. The maximum Gasteiger partial charge on any atom is 0.348 e. The highest BCUT2D eigenvalue weighted by Crippen LogP contribution is 2.35. The van der Waals surface area contributed by atoms with E-state index in [1.165, 1.54) is 14.2 Å². The number of hydrogen-bond acceptors (Lipinski definition) is 8. The van der Waals surface area contributed by atoms with Crippen molar-refractivity contribution in [2.24, 2.45) is 0 Å². The molecule has 35 heavy (non-hydrogen) atoms. The van der Waals surface area contributed by atoms with Gasteiger partial charge < -0.3 is 14.8 Å². The van der Waals surface area contributed by atoms with Gasteiger partial charge in [0.25, 0.3) is 5.91 Å². The average molecular weight is 493 g/mol. The van der Waals surface area contributed by atoms with Crippen LogP contribution in [-0.2, 0) is 16.0 Å². The van der Waals surface area contributed by atoms with Crippen LogP contribution in [0.3, 0.4) is 0 Å². The Bertz CT molecular complexity index is 1470. The van der Waals surface area contributed by atoms with Crippen LogP contribution in [0.1, 0.15) is 48.6 Å². The van der Waals surface area contributed by atoms with Gasteiger partial charge in [-0.2, -0.15) is 5.10 Å². The van der Waals surface area contributed by atoms with Crippen LogP contribution in [0.4, 0.5) is 5.00 Å². The highest BCUT2D eigenvalue weighted by molar-refractivity contribution is 7.18. The Morgan fingerprint density at radius 1 is 1.09 bits per heavy atom. The summed E-state index contributed by atoms with van der Waals surface area (Å²) in [6.07, 6.45) is 1.73. The smallest absolute Gasteiger partial charge is 0.348 e. The van der Waals surface area contributed by atoms with Gasteiger partial charge in [-0.05, 0) is 38.5 Å². The monoisotopic (exact) mass is 492 g/mol. The minimum atomic E-state index is -0.660. The average Bonchev–Trinajstić information content (AvgIpc) is 3.41. The summed E-state index contributed by atoms with van der Waals surface area (Å²) in [5.41, 5.74) is 3.88.